The highest BCUT2D eigenvalue weighted by atomic mass is 35.5. The Balaban J connectivity index is 1.67. The smallest absolute Gasteiger partial charge is 0.303 e. The fourth-order valence-corrected chi connectivity index (χ4v) is 9.11. The zero-order valence-corrected chi connectivity index (χ0v) is 17.9. The van der Waals surface area contributed by atoms with Crippen LogP contribution in [0.25, 0.3) is 0 Å². The molecule has 0 bridgehead atoms. The van der Waals surface area contributed by atoms with E-state index >= 15 is 0 Å². The standard InChI is InChI=1S/C23H37ClO2/c1-5-23(26-15(2)25)13-10-18-16-14-20(24)19-8-6-7-11-21(19,3)17(16)9-12-22(18,23)4/h16-20H,5-14H2,1-4H3/t16-,17+,18+,19?,20?,21-,22+,23-/m1/s1. The molecule has 4 fully saturated rings. The molecule has 0 radical (unpaired) electrons. The van der Waals surface area contributed by atoms with E-state index in [4.69, 9.17) is 16.3 Å². The molecule has 4 rings (SSSR count). The Bertz CT molecular complexity index is 577. The molecule has 0 amide bonds. The van der Waals surface area contributed by atoms with Crippen LogP contribution >= 0.6 is 11.6 Å². The monoisotopic (exact) mass is 380 g/mol. The molecule has 2 unspecified atom stereocenters. The van der Waals surface area contributed by atoms with Crippen molar-refractivity contribution < 1.29 is 9.53 Å². The number of halogens is 1. The van der Waals surface area contributed by atoms with Crippen molar-refractivity contribution in [3.63, 3.8) is 0 Å². The summed E-state index contributed by atoms with van der Waals surface area (Å²) in [6.07, 6.45) is 12.4. The molecule has 0 aromatic carbocycles. The molecule has 3 heteroatoms. The molecular formula is C23H37ClO2. The Kier molecular flexibility index (Phi) is 4.69. The van der Waals surface area contributed by atoms with Gasteiger partial charge in [-0.2, -0.15) is 0 Å². The Morgan fingerprint density at radius 1 is 1.04 bits per heavy atom. The van der Waals surface area contributed by atoms with Crippen molar-refractivity contribution in [2.75, 3.05) is 0 Å². The maximum Gasteiger partial charge on any atom is 0.303 e. The van der Waals surface area contributed by atoms with Crippen LogP contribution in [0.15, 0.2) is 0 Å². The third-order valence-corrected chi connectivity index (χ3v) is 10.2. The second-order valence-corrected chi connectivity index (χ2v) is 11.0. The number of fused-ring (bicyclic) bond motifs is 5. The van der Waals surface area contributed by atoms with E-state index < -0.39 is 0 Å². The number of alkyl halides is 1. The highest BCUT2D eigenvalue weighted by molar-refractivity contribution is 6.20. The minimum absolute atomic E-state index is 0.103. The van der Waals surface area contributed by atoms with Gasteiger partial charge in [-0.1, -0.05) is 33.6 Å². The maximum absolute atomic E-state index is 11.9. The second-order valence-electron chi connectivity index (χ2n) is 10.4. The van der Waals surface area contributed by atoms with Gasteiger partial charge in [-0.25, -0.2) is 0 Å². The molecule has 0 spiro atoms. The minimum atomic E-state index is -0.249. The van der Waals surface area contributed by atoms with Crippen LogP contribution in [0.5, 0.6) is 0 Å². The van der Waals surface area contributed by atoms with Crippen LogP contribution in [0.2, 0.25) is 0 Å². The molecule has 4 aliphatic carbocycles. The molecule has 4 saturated carbocycles. The van der Waals surface area contributed by atoms with E-state index in [2.05, 4.69) is 20.8 Å². The minimum Gasteiger partial charge on any atom is -0.459 e. The zero-order chi connectivity index (χ0) is 18.7. The number of ether oxygens (including phenoxy) is 1. The molecule has 0 saturated heterocycles. The first-order chi connectivity index (χ1) is 12.3. The molecule has 26 heavy (non-hydrogen) atoms. The Hall–Kier alpha value is -0.240. The van der Waals surface area contributed by atoms with Crippen LogP contribution in [0.4, 0.5) is 0 Å². The van der Waals surface area contributed by atoms with Crippen molar-refractivity contribution in [1.82, 2.24) is 0 Å². The number of hydrogen-bond donors (Lipinski definition) is 0. The van der Waals surface area contributed by atoms with Crippen molar-refractivity contribution in [3.05, 3.63) is 0 Å². The fourth-order valence-electron chi connectivity index (χ4n) is 8.49. The van der Waals surface area contributed by atoms with E-state index in [-0.39, 0.29) is 17.0 Å². The van der Waals surface area contributed by atoms with Gasteiger partial charge in [0.1, 0.15) is 5.60 Å². The van der Waals surface area contributed by atoms with Crippen molar-refractivity contribution in [3.8, 4) is 0 Å². The highest BCUT2D eigenvalue weighted by Gasteiger charge is 2.66. The quantitative estimate of drug-likeness (QED) is 0.412. The maximum atomic E-state index is 11.9. The molecule has 0 aliphatic heterocycles. The van der Waals surface area contributed by atoms with Crippen LogP contribution in [-0.2, 0) is 9.53 Å². The Labute approximate surface area is 164 Å². The van der Waals surface area contributed by atoms with Crippen molar-refractivity contribution in [1.29, 1.82) is 0 Å². The van der Waals surface area contributed by atoms with Crippen LogP contribution in [0.1, 0.15) is 91.9 Å². The molecular weight excluding hydrogens is 344 g/mol. The summed E-state index contributed by atoms with van der Waals surface area (Å²) in [7, 11) is 0. The lowest BCUT2D eigenvalue weighted by Crippen LogP contribution is -2.58. The van der Waals surface area contributed by atoms with Gasteiger partial charge in [0.25, 0.3) is 0 Å². The number of rotatable bonds is 2. The summed E-state index contributed by atoms with van der Waals surface area (Å²) in [5, 5.41) is 0.342. The summed E-state index contributed by atoms with van der Waals surface area (Å²) >= 11 is 7.04. The van der Waals surface area contributed by atoms with E-state index in [1.54, 1.807) is 6.92 Å². The van der Waals surface area contributed by atoms with E-state index in [9.17, 15) is 4.79 Å². The SMILES string of the molecule is CC[C@@]1(OC(C)=O)CC[C@H]2[C@@H]3CC(Cl)C4CCCC[C@]4(C)[C@H]3CC[C@@]21C. The van der Waals surface area contributed by atoms with Gasteiger partial charge in [-0.05, 0) is 80.5 Å². The molecule has 0 aromatic heterocycles. The summed E-state index contributed by atoms with van der Waals surface area (Å²) in [6.45, 7) is 8.81. The topological polar surface area (TPSA) is 26.3 Å². The largest absolute Gasteiger partial charge is 0.459 e. The van der Waals surface area contributed by atoms with Crippen LogP contribution in [0, 0.1) is 34.5 Å². The van der Waals surface area contributed by atoms with E-state index in [1.807, 2.05) is 0 Å². The summed E-state index contributed by atoms with van der Waals surface area (Å²) < 4.78 is 6.09. The molecule has 148 valence electrons. The van der Waals surface area contributed by atoms with Crippen LogP contribution in [0.3, 0.4) is 0 Å². The molecule has 0 aromatic rings. The van der Waals surface area contributed by atoms with E-state index in [0.717, 1.165) is 24.7 Å². The van der Waals surface area contributed by atoms with E-state index in [0.29, 0.717) is 22.6 Å². The van der Waals surface area contributed by atoms with Gasteiger partial charge in [0.15, 0.2) is 0 Å². The van der Waals surface area contributed by atoms with Gasteiger partial charge in [-0.15, -0.1) is 11.6 Å². The van der Waals surface area contributed by atoms with Crippen molar-refractivity contribution in [2.24, 2.45) is 34.5 Å². The third kappa shape index (κ3) is 2.46. The van der Waals surface area contributed by atoms with Gasteiger partial charge >= 0.3 is 5.97 Å². The normalized spacial score (nSPS) is 53.3. The zero-order valence-electron chi connectivity index (χ0n) is 17.2. The summed E-state index contributed by atoms with van der Waals surface area (Å²) in [5.41, 5.74) is 0.317. The molecule has 4 aliphatic rings. The average molecular weight is 381 g/mol. The van der Waals surface area contributed by atoms with Gasteiger partial charge in [0, 0.05) is 17.7 Å². The summed E-state index contributed by atoms with van der Waals surface area (Å²) in [5.74, 6) is 2.83. The van der Waals surface area contributed by atoms with Gasteiger partial charge < -0.3 is 4.74 Å². The van der Waals surface area contributed by atoms with E-state index in [1.165, 1.54) is 51.4 Å². The predicted molar refractivity (Wildman–Crippen MR) is 106 cm³/mol. The number of carbonyl (C=O) groups is 1. The molecule has 0 N–H and O–H groups in total. The average Bonchev–Trinajstić information content (AvgIpc) is 2.87. The Morgan fingerprint density at radius 3 is 2.46 bits per heavy atom. The molecule has 8 atom stereocenters. The fraction of sp³-hybridized carbons (Fsp3) is 0.957. The first-order valence-electron chi connectivity index (χ1n) is 11.1. The second kappa shape index (κ2) is 6.39. The first-order valence-corrected chi connectivity index (χ1v) is 11.5. The lowest BCUT2D eigenvalue weighted by molar-refractivity contribution is -0.188. The first kappa shape index (κ1) is 19.1. The summed E-state index contributed by atoms with van der Waals surface area (Å²) in [4.78, 5) is 11.9. The highest BCUT2D eigenvalue weighted by Crippen LogP contribution is 2.69. The lowest BCUT2D eigenvalue weighted by Gasteiger charge is -2.62. The van der Waals surface area contributed by atoms with Crippen molar-refractivity contribution >= 4 is 17.6 Å². The number of hydrogen-bond acceptors (Lipinski definition) is 2. The lowest BCUT2D eigenvalue weighted by atomic mass is 9.44. The number of esters is 1. The van der Waals surface area contributed by atoms with Gasteiger partial charge in [0.2, 0.25) is 0 Å². The predicted octanol–water partition coefficient (Wildman–Crippen LogP) is 6.35. The third-order valence-electron chi connectivity index (χ3n) is 9.75. The van der Waals surface area contributed by atoms with Gasteiger partial charge in [0.05, 0.1) is 0 Å². The Morgan fingerprint density at radius 2 is 1.77 bits per heavy atom. The van der Waals surface area contributed by atoms with Gasteiger partial charge in [-0.3, -0.25) is 4.79 Å². The summed E-state index contributed by atoms with van der Waals surface area (Å²) in [6, 6.07) is 0. The van der Waals surface area contributed by atoms with Crippen molar-refractivity contribution in [2.45, 2.75) is 103 Å². The molecule has 0 heterocycles. The van der Waals surface area contributed by atoms with Crippen LogP contribution < -0.4 is 0 Å². The molecule has 2 nitrogen and oxygen atoms in total. The van der Waals surface area contributed by atoms with Crippen LogP contribution in [-0.4, -0.2) is 16.9 Å². The number of carbonyl (C=O) groups excluding carboxylic acids is 1.